The molecule has 0 aliphatic heterocycles. The molecule has 5 heteroatoms. The van der Waals surface area contributed by atoms with E-state index in [0.29, 0.717) is 23.7 Å². The molecule has 1 atom stereocenters. The summed E-state index contributed by atoms with van der Waals surface area (Å²) in [5, 5.41) is 3.51. The van der Waals surface area contributed by atoms with Gasteiger partial charge in [0.05, 0.1) is 0 Å². The molecule has 5 nitrogen and oxygen atoms in total. The van der Waals surface area contributed by atoms with E-state index in [0.717, 1.165) is 12.8 Å². The van der Waals surface area contributed by atoms with Crippen LogP contribution in [0.5, 0.6) is 0 Å². The van der Waals surface area contributed by atoms with Crippen LogP contribution in [0.4, 0.5) is 11.9 Å². The first kappa shape index (κ1) is 15.7. The molecule has 1 aromatic carbocycles. The van der Waals surface area contributed by atoms with Gasteiger partial charge in [-0.25, -0.2) is 0 Å². The molecular weight excluding hydrogens is 286 g/mol. The zero-order chi connectivity index (χ0) is 16.2. The molecule has 3 rings (SSSR count). The van der Waals surface area contributed by atoms with Crippen molar-refractivity contribution in [1.82, 2.24) is 15.0 Å². The van der Waals surface area contributed by atoms with Gasteiger partial charge in [-0.05, 0) is 51.0 Å². The lowest BCUT2D eigenvalue weighted by molar-refractivity contribution is 0.265. The Morgan fingerprint density at radius 2 is 2.04 bits per heavy atom. The minimum Gasteiger partial charge on any atom is -0.368 e. The highest BCUT2D eigenvalue weighted by Crippen LogP contribution is 2.33. The van der Waals surface area contributed by atoms with Gasteiger partial charge in [-0.15, -0.1) is 0 Å². The number of nitrogens with two attached hydrogens (primary N) is 1. The molecular formula is C18H25N5. The highest BCUT2D eigenvalue weighted by atomic mass is 15.2. The second kappa shape index (κ2) is 6.94. The average Bonchev–Trinajstić information content (AvgIpc) is 2.42. The van der Waals surface area contributed by atoms with Gasteiger partial charge in [-0.3, -0.25) is 0 Å². The van der Waals surface area contributed by atoms with Crippen molar-refractivity contribution < 1.29 is 0 Å². The number of aryl methyl sites for hydroxylation is 3. The number of nitrogen functional groups attached to an aromatic ring is 1. The summed E-state index contributed by atoms with van der Waals surface area (Å²) in [7, 11) is 0. The Hall–Kier alpha value is -2.17. The third-order valence-corrected chi connectivity index (χ3v) is 4.62. The maximum atomic E-state index is 5.74. The zero-order valence-corrected chi connectivity index (χ0v) is 13.9. The van der Waals surface area contributed by atoms with E-state index >= 15 is 0 Å². The Bertz CT molecular complexity index is 646. The van der Waals surface area contributed by atoms with Crippen LogP contribution < -0.4 is 11.1 Å². The van der Waals surface area contributed by atoms with Gasteiger partial charge in [0.1, 0.15) is 5.82 Å². The maximum Gasteiger partial charge on any atom is 0.227 e. The number of hydrogen-bond donors (Lipinski definition) is 2. The monoisotopic (exact) mass is 311 g/mol. The first-order valence-electron chi connectivity index (χ1n) is 8.40. The largest absolute Gasteiger partial charge is 0.368 e. The van der Waals surface area contributed by atoms with Crippen LogP contribution in [0.15, 0.2) is 24.3 Å². The van der Waals surface area contributed by atoms with Crippen LogP contribution in [0.2, 0.25) is 0 Å². The first-order valence-corrected chi connectivity index (χ1v) is 8.40. The fourth-order valence-electron chi connectivity index (χ4n) is 3.19. The SMILES string of the molecule is Cc1cccc(CC[C@@H](Nc2nc(C)nc(N)n2)C2CCC2)c1. The highest BCUT2D eigenvalue weighted by molar-refractivity contribution is 5.32. The lowest BCUT2D eigenvalue weighted by Gasteiger charge is -2.34. The Kier molecular flexibility index (Phi) is 4.74. The van der Waals surface area contributed by atoms with E-state index in [4.69, 9.17) is 5.73 Å². The molecule has 0 radical (unpaired) electrons. The second-order valence-electron chi connectivity index (χ2n) is 6.53. The minimum atomic E-state index is 0.283. The van der Waals surface area contributed by atoms with Crippen LogP contribution in [0.3, 0.4) is 0 Å². The molecule has 1 aliphatic carbocycles. The van der Waals surface area contributed by atoms with Crippen LogP contribution >= 0.6 is 0 Å². The third kappa shape index (κ3) is 4.18. The maximum absolute atomic E-state index is 5.74. The molecule has 1 aromatic heterocycles. The van der Waals surface area contributed by atoms with E-state index < -0.39 is 0 Å². The van der Waals surface area contributed by atoms with E-state index in [9.17, 15) is 0 Å². The summed E-state index contributed by atoms with van der Waals surface area (Å²) in [4.78, 5) is 12.6. The van der Waals surface area contributed by atoms with Crippen molar-refractivity contribution in [2.24, 2.45) is 5.92 Å². The van der Waals surface area contributed by atoms with Gasteiger partial charge in [-0.1, -0.05) is 36.2 Å². The molecule has 0 bridgehead atoms. The predicted molar refractivity (Wildman–Crippen MR) is 93.2 cm³/mol. The second-order valence-corrected chi connectivity index (χ2v) is 6.53. The lowest BCUT2D eigenvalue weighted by atomic mass is 9.78. The van der Waals surface area contributed by atoms with Crippen molar-refractivity contribution in [1.29, 1.82) is 0 Å². The van der Waals surface area contributed by atoms with E-state index in [2.05, 4.69) is 51.5 Å². The highest BCUT2D eigenvalue weighted by Gasteiger charge is 2.27. The van der Waals surface area contributed by atoms with Crippen molar-refractivity contribution >= 4 is 11.9 Å². The van der Waals surface area contributed by atoms with Gasteiger partial charge in [0.25, 0.3) is 0 Å². The normalized spacial score (nSPS) is 15.9. The van der Waals surface area contributed by atoms with Crippen molar-refractivity contribution in [3.63, 3.8) is 0 Å². The van der Waals surface area contributed by atoms with Gasteiger partial charge < -0.3 is 11.1 Å². The summed E-state index contributed by atoms with van der Waals surface area (Å²) in [5.74, 6) is 2.26. The fraction of sp³-hybridized carbons (Fsp3) is 0.500. The summed E-state index contributed by atoms with van der Waals surface area (Å²) in [6.07, 6.45) is 6.04. The van der Waals surface area contributed by atoms with Crippen LogP contribution in [-0.4, -0.2) is 21.0 Å². The summed E-state index contributed by atoms with van der Waals surface area (Å²) in [5.41, 5.74) is 8.44. The number of nitrogens with zero attached hydrogens (tertiary/aromatic N) is 3. The molecule has 0 saturated heterocycles. The number of rotatable bonds is 6. The fourth-order valence-corrected chi connectivity index (χ4v) is 3.19. The summed E-state index contributed by atoms with van der Waals surface area (Å²) < 4.78 is 0. The van der Waals surface area contributed by atoms with Crippen LogP contribution in [-0.2, 0) is 6.42 Å². The van der Waals surface area contributed by atoms with Crippen molar-refractivity contribution in [2.45, 2.75) is 52.0 Å². The lowest BCUT2D eigenvalue weighted by Crippen LogP contribution is -2.35. The van der Waals surface area contributed by atoms with E-state index in [1.807, 2.05) is 6.92 Å². The molecule has 0 spiro atoms. The zero-order valence-electron chi connectivity index (χ0n) is 13.9. The van der Waals surface area contributed by atoms with E-state index in [1.54, 1.807) is 0 Å². The number of anilines is 2. The summed E-state index contributed by atoms with van der Waals surface area (Å²) in [6, 6.07) is 9.14. The van der Waals surface area contributed by atoms with Gasteiger partial charge in [-0.2, -0.15) is 15.0 Å². The van der Waals surface area contributed by atoms with Crippen LogP contribution in [0.1, 0.15) is 42.6 Å². The van der Waals surface area contributed by atoms with E-state index in [-0.39, 0.29) is 5.95 Å². The van der Waals surface area contributed by atoms with Gasteiger partial charge in [0.2, 0.25) is 11.9 Å². The molecule has 3 N–H and O–H groups in total. The number of hydrogen-bond acceptors (Lipinski definition) is 5. The van der Waals surface area contributed by atoms with Crippen LogP contribution in [0, 0.1) is 19.8 Å². The van der Waals surface area contributed by atoms with Crippen molar-refractivity contribution in [3.8, 4) is 0 Å². The van der Waals surface area contributed by atoms with Crippen molar-refractivity contribution in [3.05, 3.63) is 41.2 Å². The quantitative estimate of drug-likeness (QED) is 0.856. The Labute approximate surface area is 137 Å². The first-order chi connectivity index (χ1) is 11.1. The Balaban J connectivity index is 1.68. The van der Waals surface area contributed by atoms with Gasteiger partial charge in [0, 0.05) is 6.04 Å². The Morgan fingerprint density at radius 1 is 1.22 bits per heavy atom. The minimum absolute atomic E-state index is 0.283. The topological polar surface area (TPSA) is 76.7 Å². The standard InChI is InChI=1S/C18H25N5/c1-12-5-3-6-14(11-12)9-10-16(15-7-4-8-15)22-18-21-13(2)20-17(19)23-18/h3,5-6,11,15-16H,4,7-10H2,1-2H3,(H3,19,20,21,22,23)/t16-/m1/s1. The molecule has 1 saturated carbocycles. The number of aromatic nitrogens is 3. The molecule has 23 heavy (non-hydrogen) atoms. The molecule has 0 unspecified atom stereocenters. The van der Waals surface area contributed by atoms with E-state index in [1.165, 1.54) is 30.4 Å². The smallest absolute Gasteiger partial charge is 0.227 e. The molecule has 1 aliphatic rings. The summed E-state index contributed by atoms with van der Waals surface area (Å²) in [6.45, 7) is 3.98. The molecule has 1 heterocycles. The molecule has 1 fully saturated rings. The third-order valence-electron chi connectivity index (χ3n) is 4.62. The van der Waals surface area contributed by atoms with Gasteiger partial charge in [0.15, 0.2) is 0 Å². The van der Waals surface area contributed by atoms with Crippen molar-refractivity contribution in [2.75, 3.05) is 11.1 Å². The van der Waals surface area contributed by atoms with Crippen LogP contribution in [0.25, 0.3) is 0 Å². The van der Waals surface area contributed by atoms with Gasteiger partial charge >= 0.3 is 0 Å². The molecule has 0 amide bonds. The average molecular weight is 311 g/mol. The number of benzene rings is 1. The molecule has 122 valence electrons. The molecule has 2 aromatic rings. The number of nitrogens with one attached hydrogen (secondary N) is 1. The predicted octanol–water partition coefficient (Wildman–Crippen LogP) is 3.28. The summed E-state index contributed by atoms with van der Waals surface area (Å²) >= 11 is 0. The Morgan fingerprint density at radius 3 is 2.70 bits per heavy atom.